The van der Waals surface area contributed by atoms with Crippen LogP contribution < -0.4 is 15.4 Å². The first-order valence-electron chi connectivity index (χ1n) is 7.12. The van der Waals surface area contributed by atoms with E-state index in [0.29, 0.717) is 10.1 Å². The van der Waals surface area contributed by atoms with Gasteiger partial charge in [0.2, 0.25) is 5.91 Å². The number of hydrogen-bond donors (Lipinski definition) is 2. The van der Waals surface area contributed by atoms with Gasteiger partial charge >= 0.3 is 0 Å². The minimum atomic E-state index is -0.495. The Hall–Kier alpha value is -2.16. The van der Waals surface area contributed by atoms with Gasteiger partial charge in [0.05, 0.1) is 13.7 Å². The first-order chi connectivity index (χ1) is 11.5. The predicted octanol–water partition coefficient (Wildman–Crippen LogP) is 2.49. The van der Waals surface area contributed by atoms with E-state index >= 15 is 0 Å². The molecule has 2 rings (SSSR count). The fraction of sp³-hybridized carbons (Fsp3) is 0.176. The number of nitrogens with one attached hydrogen (secondary N) is 2. The van der Waals surface area contributed by atoms with E-state index < -0.39 is 11.7 Å². The largest absolute Gasteiger partial charge is 0.497 e. The van der Waals surface area contributed by atoms with E-state index in [2.05, 4.69) is 10.6 Å². The van der Waals surface area contributed by atoms with Crippen LogP contribution in [-0.4, -0.2) is 25.5 Å². The number of hydrogen-bond acceptors (Lipinski definition) is 3. The molecule has 0 aliphatic heterocycles. The molecule has 0 aliphatic carbocycles. The molecule has 0 unspecified atom stereocenters. The zero-order valence-electron chi connectivity index (χ0n) is 12.9. The molecule has 5 nitrogen and oxygen atoms in total. The van der Waals surface area contributed by atoms with Crippen molar-refractivity contribution in [2.45, 2.75) is 6.54 Å². The van der Waals surface area contributed by atoms with E-state index in [4.69, 9.17) is 4.74 Å². The van der Waals surface area contributed by atoms with Gasteiger partial charge in [0.25, 0.3) is 5.91 Å². The molecule has 2 amide bonds. The molecule has 0 aliphatic rings. The second-order valence-corrected chi connectivity index (χ2v) is 6.10. The zero-order chi connectivity index (χ0) is 17.5. The van der Waals surface area contributed by atoms with Crippen molar-refractivity contribution < 1.29 is 18.7 Å². The summed E-state index contributed by atoms with van der Waals surface area (Å²) in [4.78, 5) is 23.7. The molecule has 0 aromatic heterocycles. The molecule has 0 saturated heterocycles. The zero-order valence-corrected chi connectivity index (χ0v) is 15.1. The third-order valence-electron chi connectivity index (χ3n) is 3.24. The molecule has 0 radical (unpaired) electrons. The number of halogens is 2. The number of ether oxygens (including phenoxy) is 1. The first-order valence-corrected chi connectivity index (χ1v) is 8.20. The lowest BCUT2D eigenvalue weighted by molar-refractivity contribution is -0.120. The Morgan fingerprint density at radius 2 is 1.83 bits per heavy atom. The third kappa shape index (κ3) is 5.19. The van der Waals surface area contributed by atoms with Crippen molar-refractivity contribution in [1.29, 1.82) is 0 Å². The monoisotopic (exact) mass is 442 g/mol. The van der Waals surface area contributed by atoms with Crippen LogP contribution in [0.25, 0.3) is 0 Å². The fourth-order valence-electron chi connectivity index (χ4n) is 1.91. The molecular formula is C17H16FIN2O3. The van der Waals surface area contributed by atoms with Crippen LogP contribution in [0.1, 0.15) is 15.9 Å². The number of amides is 2. The smallest absolute Gasteiger partial charge is 0.251 e. The van der Waals surface area contributed by atoms with E-state index in [1.165, 1.54) is 12.1 Å². The van der Waals surface area contributed by atoms with E-state index in [-0.39, 0.29) is 18.0 Å². The number of carbonyl (C=O) groups is 2. The minimum Gasteiger partial charge on any atom is -0.497 e. The number of carbonyl (C=O) groups excluding carboxylic acids is 2. The lowest BCUT2D eigenvalue weighted by atomic mass is 10.2. The summed E-state index contributed by atoms with van der Waals surface area (Å²) in [5.41, 5.74) is 1.09. The molecule has 0 bridgehead atoms. The summed E-state index contributed by atoms with van der Waals surface area (Å²) in [7, 11) is 1.58. The average molecular weight is 442 g/mol. The quantitative estimate of drug-likeness (QED) is 0.676. The van der Waals surface area contributed by atoms with Crippen molar-refractivity contribution in [1.82, 2.24) is 10.6 Å². The SMILES string of the molecule is COc1ccc(CNC(=O)CNC(=O)c2ccc(I)c(F)c2)cc1. The van der Waals surface area contributed by atoms with Crippen molar-refractivity contribution >= 4 is 34.4 Å². The maximum atomic E-state index is 13.4. The van der Waals surface area contributed by atoms with E-state index in [1.54, 1.807) is 19.2 Å². The van der Waals surface area contributed by atoms with Crippen molar-refractivity contribution in [3.63, 3.8) is 0 Å². The van der Waals surface area contributed by atoms with Gasteiger partial charge in [-0.2, -0.15) is 0 Å². The van der Waals surface area contributed by atoms with Gasteiger partial charge in [0.1, 0.15) is 11.6 Å². The third-order valence-corrected chi connectivity index (χ3v) is 4.11. The van der Waals surface area contributed by atoms with Crippen LogP contribution in [0.4, 0.5) is 4.39 Å². The van der Waals surface area contributed by atoms with Gasteiger partial charge in [-0.15, -0.1) is 0 Å². The van der Waals surface area contributed by atoms with Crippen LogP contribution in [0, 0.1) is 9.39 Å². The Morgan fingerprint density at radius 1 is 1.12 bits per heavy atom. The molecule has 2 aromatic carbocycles. The average Bonchev–Trinajstić information content (AvgIpc) is 2.60. The molecule has 0 saturated carbocycles. The number of methoxy groups -OCH3 is 1. The summed E-state index contributed by atoms with van der Waals surface area (Å²) < 4.78 is 18.9. The van der Waals surface area contributed by atoms with Crippen molar-refractivity contribution in [3.8, 4) is 5.75 Å². The van der Waals surface area contributed by atoms with Gasteiger partial charge in [0, 0.05) is 15.7 Å². The highest BCUT2D eigenvalue weighted by molar-refractivity contribution is 14.1. The molecule has 0 spiro atoms. The number of benzene rings is 2. The highest BCUT2D eigenvalue weighted by Crippen LogP contribution is 2.12. The van der Waals surface area contributed by atoms with Gasteiger partial charge < -0.3 is 15.4 Å². The Kier molecular flexibility index (Phi) is 6.53. The Morgan fingerprint density at radius 3 is 2.46 bits per heavy atom. The summed E-state index contributed by atoms with van der Waals surface area (Å²) >= 11 is 1.84. The predicted molar refractivity (Wildman–Crippen MR) is 96.3 cm³/mol. The molecule has 24 heavy (non-hydrogen) atoms. The van der Waals surface area contributed by atoms with E-state index in [1.807, 2.05) is 34.7 Å². The lowest BCUT2D eigenvalue weighted by Crippen LogP contribution is -2.36. The van der Waals surface area contributed by atoms with E-state index in [9.17, 15) is 14.0 Å². The Bertz CT molecular complexity index is 735. The van der Waals surface area contributed by atoms with Gasteiger partial charge in [-0.05, 0) is 58.5 Å². The van der Waals surface area contributed by atoms with Crippen LogP contribution in [-0.2, 0) is 11.3 Å². The van der Waals surface area contributed by atoms with E-state index in [0.717, 1.165) is 17.4 Å². The summed E-state index contributed by atoms with van der Waals surface area (Å²) in [6.07, 6.45) is 0. The summed E-state index contributed by atoms with van der Waals surface area (Å²) in [6, 6.07) is 11.4. The number of rotatable bonds is 6. The van der Waals surface area contributed by atoms with Gasteiger partial charge in [-0.3, -0.25) is 9.59 Å². The molecule has 2 N–H and O–H groups in total. The molecular weight excluding hydrogens is 426 g/mol. The normalized spacial score (nSPS) is 10.1. The van der Waals surface area contributed by atoms with Crippen LogP contribution in [0.2, 0.25) is 0 Å². The highest BCUT2D eigenvalue weighted by atomic mass is 127. The second kappa shape index (κ2) is 8.62. The molecule has 0 atom stereocenters. The van der Waals surface area contributed by atoms with Crippen LogP contribution in [0.3, 0.4) is 0 Å². The van der Waals surface area contributed by atoms with Gasteiger partial charge in [-0.1, -0.05) is 12.1 Å². The fourth-order valence-corrected chi connectivity index (χ4v) is 2.24. The van der Waals surface area contributed by atoms with Crippen LogP contribution in [0.15, 0.2) is 42.5 Å². The molecule has 7 heteroatoms. The maximum Gasteiger partial charge on any atom is 0.251 e. The summed E-state index contributed by atoms with van der Waals surface area (Å²) in [5.74, 6) is -0.552. The lowest BCUT2D eigenvalue weighted by Gasteiger charge is -2.08. The first kappa shape index (κ1) is 18.2. The van der Waals surface area contributed by atoms with Crippen molar-refractivity contribution in [3.05, 3.63) is 63.0 Å². The van der Waals surface area contributed by atoms with Gasteiger partial charge in [0.15, 0.2) is 0 Å². The molecule has 0 fully saturated rings. The van der Waals surface area contributed by atoms with Crippen molar-refractivity contribution in [2.24, 2.45) is 0 Å². The minimum absolute atomic E-state index is 0.177. The Balaban J connectivity index is 1.79. The summed E-state index contributed by atoms with van der Waals surface area (Å²) in [5, 5.41) is 5.15. The van der Waals surface area contributed by atoms with Crippen LogP contribution in [0.5, 0.6) is 5.75 Å². The Labute approximate surface area is 152 Å². The molecule has 2 aromatic rings. The second-order valence-electron chi connectivity index (χ2n) is 4.94. The standard InChI is InChI=1S/C17H16FIN2O3/c1-24-13-5-2-11(3-6-13)9-20-16(22)10-21-17(23)12-4-7-15(19)14(18)8-12/h2-8H,9-10H2,1H3,(H,20,22)(H,21,23). The van der Waals surface area contributed by atoms with Crippen molar-refractivity contribution in [2.75, 3.05) is 13.7 Å². The topological polar surface area (TPSA) is 67.4 Å². The molecule has 126 valence electrons. The molecule has 0 heterocycles. The van der Waals surface area contributed by atoms with Crippen LogP contribution >= 0.6 is 22.6 Å². The summed E-state index contributed by atoms with van der Waals surface area (Å²) in [6.45, 7) is 0.166. The highest BCUT2D eigenvalue weighted by Gasteiger charge is 2.10. The maximum absolute atomic E-state index is 13.4. The van der Waals surface area contributed by atoms with Gasteiger partial charge in [-0.25, -0.2) is 4.39 Å².